The highest BCUT2D eigenvalue weighted by Crippen LogP contribution is 2.49. The number of carbonyl (C=O) groups is 3. The highest BCUT2D eigenvalue weighted by atomic mass is 35.5. The Kier molecular flexibility index (Phi) is 6.01. The van der Waals surface area contributed by atoms with Crippen LogP contribution >= 0.6 is 11.6 Å². The first kappa shape index (κ1) is 21.4. The zero-order valence-corrected chi connectivity index (χ0v) is 18.3. The highest BCUT2D eigenvalue weighted by molar-refractivity contribution is 6.67. The van der Waals surface area contributed by atoms with Gasteiger partial charge >= 0.3 is 6.09 Å². The van der Waals surface area contributed by atoms with Crippen LogP contribution in [-0.2, 0) is 16.1 Å². The minimum absolute atomic E-state index is 0.0259. The summed E-state index contributed by atoms with van der Waals surface area (Å²) in [5.41, 5.74) is 2.62. The first-order chi connectivity index (χ1) is 14.9. The Morgan fingerprint density at radius 3 is 2.45 bits per heavy atom. The maximum atomic E-state index is 12.7. The van der Waals surface area contributed by atoms with Crippen LogP contribution in [-0.4, -0.2) is 23.3 Å². The topological polar surface area (TPSA) is 75.7 Å². The third kappa shape index (κ3) is 4.44. The van der Waals surface area contributed by atoms with Gasteiger partial charge in [-0.05, 0) is 59.7 Å². The van der Waals surface area contributed by atoms with Gasteiger partial charge in [0, 0.05) is 30.1 Å². The third-order valence-electron chi connectivity index (χ3n) is 6.14. The number of anilines is 1. The number of hydrogen-bond acceptors (Lipinski definition) is 4. The number of alkyl carbamates (subject to hydrolysis) is 1. The second kappa shape index (κ2) is 8.71. The van der Waals surface area contributed by atoms with Crippen LogP contribution in [0, 0.1) is 11.8 Å². The van der Waals surface area contributed by atoms with Crippen LogP contribution in [0.1, 0.15) is 54.2 Å². The largest absolute Gasteiger partial charge is 0.445 e. The Balaban J connectivity index is 1.64. The fourth-order valence-corrected chi connectivity index (χ4v) is 4.70. The summed E-state index contributed by atoms with van der Waals surface area (Å²) in [4.78, 5) is 38.8. The molecule has 7 heteroatoms. The number of amides is 2. The maximum absolute atomic E-state index is 12.7. The number of halogens is 1. The van der Waals surface area contributed by atoms with Crippen LogP contribution < -0.4 is 10.2 Å². The van der Waals surface area contributed by atoms with Crippen molar-refractivity contribution in [3.63, 3.8) is 0 Å². The van der Waals surface area contributed by atoms with Gasteiger partial charge in [-0.3, -0.25) is 9.59 Å². The summed E-state index contributed by atoms with van der Waals surface area (Å²) in [5.74, 6) is 0.278. The Hall–Kier alpha value is -2.86. The van der Waals surface area contributed by atoms with Gasteiger partial charge in [-0.25, -0.2) is 4.79 Å². The lowest BCUT2D eigenvalue weighted by atomic mass is 9.79. The first-order valence-corrected chi connectivity index (χ1v) is 10.9. The lowest BCUT2D eigenvalue weighted by Gasteiger charge is -2.45. The molecule has 6 nitrogen and oxygen atoms in total. The molecule has 2 aliphatic rings. The fourth-order valence-electron chi connectivity index (χ4n) is 4.58. The average molecular weight is 441 g/mol. The van der Waals surface area contributed by atoms with E-state index in [1.54, 1.807) is 25.1 Å². The summed E-state index contributed by atoms with van der Waals surface area (Å²) in [7, 11) is 0. The summed E-state index contributed by atoms with van der Waals surface area (Å²) >= 11 is 5.71. The van der Waals surface area contributed by atoms with Crippen LogP contribution in [0.2, 0.25) is 0 Å². The van der Waals surface area contributed by atoms with Crippen molar-refractivity contribution in [1.82, 2.24) is 5.32 Å². The van der Waals surface area contributed by atoms with E-state index in [1.165, 1.54) is 0 Å². The molecule has 2 aromatic carbocycles. The molecule has 1 heterocycles. The van der Waals surface area contributed by atoms with Crippen molar-refractivity contribution in [1.29, 1.82) is 0 Å². The van der Waals surface area contributed by atoms with Crippen molar-refractivity contribution in [2.45, 2.75) is 45.4 Å². The molecule has 1 aliphatic heterocycles. The van der Waals surface area contributed by atoms with Gasteiger partial charge in [-0.2, -0.15) is 0 Å². The van der Waals surface area contributed by atoms with Crippen molar-refractivity contribution in [3.8, 4) is 0 Å². The van der Waals surface area contributed by atoms with Crippen LogP contribution in [0.5, 0.6) is 0 Å². The second-order valence-electron chi connectivity index (χ2n) is 8.31. The molecular formula is C24H25ClN2O4. The van der Waals surface area contributed by atoms with Crippen molar-refractivity contribution < 1.29 is 19.1 Å². The van der Waals surface area contributed by atoms with E-state index in [2.05, 4.69) is 5.32 Å². The number of ether oxygens (including phenoxy) is 1. The Morgan fingerprint density at radius 1 is 1.13 bits per heavy atom. The monoisotopic (exact) mass is 440 g/mol. The number of nitrogens with zero attached hydrogens (tertiary/aromatic N) is 1. The lowest BCUT2D eigenvalue weighted by Crippen LogP contribution is -2.53. The number of nitrogens with one attached hydrogen (secondary N) is 1. The second-order valence-corrected chi connectivity index (χ2v) is 8.65. The van der Waals surface area contributed by atoms with Crippen molar-refractivity contribution in [3.05, 3.63) is 65.2 Å². The number of fused-ring (bicyclic) bond motifs is 1. The Labute approximate surface area is 186 Å². The smallest absolute Gasteiger partial charge is 0.407 e. The molecule has 0 radical (unpaired) electrons. The van der Waals surface area contributed by atoms with Gasteiger partial charge in [0.05, 0.1) is 6.04 Å². The molecule has 2 amide bonds. The molecule has 2 aromatic rings. The van der Waals surface area contributed by atoms with E-state index in [0.717, 1.165) is 18.4 Å². The molecule has 162 valence electrons. The van der Waals surface area contributed by atoms with E-state index in [0.29, 0.717) is 22.7 Å². The van der Waals surface area contributed by atoms with E-state index in [9.17, 15) is 14.4 Å². The molecular weight excluding hydrogens is 416 g/mol. The van der Waals surface area contributed by atoms with Crippen LogP contribution in [0.4, 0.5) is 10.5 Å². The summed E-state index contributed by atoms with van der Waals surface area (Å²) in [6.07, 6.45) is 1.56. The molecule has 1 aliphatic carbocycles. The number of carbonyl (C=O) groups excluding carboxylic acids is 3. The molecule has 0 saturated heterocycles. The molecule has 3 atom stereocenters. The Bertz CT molecular complexity index is 1010. The minimum Gasteiger partial charge on any atom is -0.445 e. The molecule has 2 unspecified atom stereocenters. The molecule has 1 N–H and O–H groups in total. The molecule has 1 fully saturated rings. The predicted octanol–water partition coefficient (Wildman–Crippen LogP) is 4.81. The lowest BCUT2D eigenvalue weighted by molar-refractivity contribution is -0.117. The van der Waals surface area contributed by atoms with Crippen LogP contribution in [0.3, 0.4) is 0 Å². The van der Waals surface area contributed by atoms with Crippen molar-refractivity contribution in [2.75, 3.05) is 4.90 Å². The summed E-state index contributed by atoms with van der Waals surface area (Å²) < 4.78 is 5.43. The van der Waals surface area contributed by atoms with E-state index in [4.69, 9.17) is 16.3 Å². The van der Waals surface area contributed by atoms with Gasteiger partial charge in [-0.15, -0.1) is 0 Å². The molecule has 31 heavy (non-hydrogen) atoms. The predicted molar refractivity (Wildman–Crippen MR) is 118 cm³/mol. The Morgan fingerprint density at radius 2 is 1.84 bits per heavy atom. The van der Waals surface area contributed by atoms with E-state index < -0.39 is 17.4 Å². The quantitative estimate of drug-likeness (QED) is 0.676. The van der Waals surface area contributed by atoms with Crippen LogP contribution in [0.25, 0.3) is 0 Å². The molecule has 1 saturated carbocycles. The molecule has 0 aromatic heterocycles. The van der Waals surface area contributed by atoms with Crippen molar-refractivity contribution >= 4 is 34.5 Å². The average Bonchev–Trinajstić information content (AvgIpc) is 3.59. The van der Waals surface area contributed by atoms with E-state index >= 15 is 0 Å². The molecule has 4 rings (SSSR count). The van der Waals surface area contributed by atoms with Crippen molar-refractivity contribution in [2.24, 2.45) is 11.8 Å². The normalized spacial score (nSPS) is 22.4. The molecule has 0 bridgehead atoms. The van der Waals surface area contributed by atoms with Gasteiger partial charge in [0.15, 0.2) is 0 Å². The summed E-state index contributed by atoms with van der Waals surface area (Å²) in [5, 5.41) is 2.40. The number of hydrogen-bond donors (Lipinski definition) is 1. The van der Waals surface area contributed by atoms with Gasteiger partial charge in [0.2, 0.25) is 5.91 Å². The SMILES string of the molecule is CC(=O)N1c2ccc(C(=O)Cl)cc2C(NC(=O)OCc2ccccc2)[C@@H](C)C1C1CC1. The maximum Gasteiger partial charge on any atom is 0.407 e. The number of rotatable bonds is 5. The third-order valence-corrected chi connectivity index (χ3v) is 6.36. The van der Waals surface area contributed by atoms with E-state index in [-0.39, 0.29) is 24.5 Å². The minimum atomic E-state index is -0.584. The van der Waals surface area contributed by atoms with Gasteiger partial charge < -0.3 is 15.0 Å². The first-order valence-electron chi connectivity index (χ1n) is 10.5. The van der Waals surface area contributed by atoms with Gasteiger partial charge in [0.25, 0.3) is 5.24 Å². The highest BCUT2D eigenvalue weighted by Gasteiger charge is 2.48. The standard InChI is InChI=1S/C24H25ClN2O4/c1-14-21(26-24(30)31-13-16-6-4-3-5-7-16)19-12-18(23(25)29)10-11-20(19)27(15(2)28)22(14)17-8-9-17/h3-7,10-12,14,17,21-22H,8-9,13H2,1-2H3,(H,26,30)/t14-,21?,22?/m1/s1. The van der Waals surface area contributed by atoms with Gasteiger partial charge in [-0.1, -0.05) is 37.3 Å². The number of benzene rings is 2. The summed E-state index contributed by atoms with van der Waals surface area (Å²) in [6.45, 7) is 3.74. The van der Waals surface area contributed by atoms with E-state index in [1.807, 2.05) is 42.2 Å². The van der Waals surface area contributed by atoms with Crippen LogP contribution in [0.15, 0.2) is 48.5 Å². The zero-order valence-electron chi connectivity index (χ0n) is 17.5. The van der Waals surface area contributed by atoms with Gasteiger partial charge in [0.1, 0.15) is 6.61 Å². The summed E-state index contributed by atoms with van der Waals surface area (Å²) in [6, 6.07) is 14.1. The fraction of sp³-hybridized carbons (Fsp3) is 0.375. The zero-order chi connectivity index (χ0) is 22.1. The molecule has 0 spiro atoms.